The van der Waals surface area contributed by atoms with Gasteiger partial charge in [-0.3, -0.25) is 14.4 Å². The Balaban J connectivity index is 0.000000654. The number of nitrogens with zero attached hydrogens (tertiary/aromatic N) is 1. The summed E-state index contributed by atoms with van der Waals surface area (Å²) in [6.07, 6.45) is 8.25. The lowest BCUT2D eigenvalue weighted by Crippen LogP contribution is -2.46. The summed E-state index contributed by atoms with van der Waals surface area (Å²) in [5, 5.41) is 11.2. The van der Waals surface area contributed by atoms with E-state index in [2.05, 4.69) is 11.1 Å². The molecule has 32 heavy (non-hydrogen) atoms. The van der Waals surface area contributed by atoms with Crippen LogP contribution in [-0.2, 0) is 27.5 Å². The van der Waals surface area contributed by atoms with E-state index in [-0.39, 0.29) is 24.4 Å². The molecular formula is C23H35ClN4O4. The van der Waals surface area contributed by atoms with Gasteiger partial charge in [0, 0.05) is 31.1 Å². The highest BCUT2D eigenvalue weighted by Gasteiger charge is 2.34. The zero-order valence-corrected chi connectivity index (χ0v) is 19.3. The van der Waals surface area contributed by atoms with E-state index in [1.165, 1.54) is 19.3 Å². The normalized spacial score (nSPS) is 18.6. The van der Waals surface area contributed by atoms with Crippen LogP contribution in [0.25, 0.3) is 0 Å². The van der Waals surface area contributed by atoms with Crippen molar-refractivity contribution < 1.29 is 19.5 Å². The fourth-order valence-corrected chi connectivity index (χ4v) is 4.55. The van der Waals surface area contributed by atoms with Gasteiger partial charge in [0.2, 0.25) is 11.8 Å². The molecule has 1 aliphatic heterocycles. The van der Waals surface area contributed by atoms with Gasteiger partial charge in [0.25, 0.3) is 0 Å². The number of hydrogen-bond acceptors (Lipinski definition) is 5. The Bertz CT molecular complexity index is 783. The molecule has 1 saturated carbocycles. The van der Waals surface area contributed by atoms with E-state index >= 15 is 0 Å². The second-order valence-electron chi connectivity index (χ2n) is 8.39. The van der Waals surface area contributed by atoms with Crippen molar-refractivity contribution in [2.24, 2.45) is 17.4 Å². The topological polar surface area (TPSA) is 139 Å². The number of benzene rings is 1. The fourth-order valence-electron chi connectivity index (χ4n) is 4.35. The van der Waals surface area contributed by atoms with E-state index in [0.717, 1.165) is 36.8 Å². The minimum absolute atomic E-state index is 0.0764. The maximum Gasteiger partial charge on any atom is 0.317 e. The van der Waals surface area contributed by atoms with E-state index in [9.17, 15) is 14.4 Å². The van der Waals surface area contributed by atoms with Crippen molar-refractivity contribution >= 4 is 29.4 Å². The monoisotopic (exact) mass is 466 g/mol. The summed E-state index contributed by atoms with van der Waals surface area (Å²) < 4.78 is 0. The van der Waals surface area contributed by atoms with Gasteiger partial charge in [-0.1, -0.05) is 36.9 Å². The van der Waals surface area contributed by atoms with Crippen molar-refractivity contribution in [2.75, 3.05) is 13.1 Å². The maximum absolute atomic E-state index is 12.8. The summed E-state index contributed by atoms with van der Waals surface area (Å²) in [4.78, 5) is 36.5. The predicted octanol–water partition coefficient (Wildman–Crippen LogP) is 2.41. The highest BCUT2D eigenvalue weighted by Crippen LogP contribution is 2.28. The summed E-state index contributed by atoms with van der Waals surface area (Å²) in [5.41, 5.74) is 12.2. The molecule has 1 unspecified atom stereocenters. The number of carbonyl (C=O) groups excluding carboxylic acids is 2. The van der Waals surface area contributed by atoms with Crippen LogP contribution in [0, 0.1) is 5.92 Å². The minimum Gasteiger partial charge on any atom is -0.480 e. The van der Waals surface area contributed by atoms with Crippen LogP contribution in [-0.4, -0.2) is 46.9 Å². The molecule has 0 radical (unpaired) electrons. The number of carboxylic acids is 1. The summed E-state index contributed by atoms with van der Waals surface area (Å²) in [6.45, 7) is 1.19. The van der Waals surface area contributed by atoms with Crippen LogP contribution in [0.2, 0.25) is 5.02 Å². The first-order valence-electron chi connectivity index (χ1n) is 11.3. The molecule has 9 heteroatoms. The molecular weight excluding hydrogens is 432 g/mol. The first-order chi connectivity index (χ1) is 15.3. The Hall–Kier alpha value is -2.16. The molecule has 3 rings (SSSR count). The molecule has 2 amide bonds. The molecule has 1 heterocycles. The third-order valence-corrected chi connectivity index (χ3v) is 6.31. The first-order valence-corrected chi connectivity index (χ1v) is 11.7. The van der Waals surface area contributed by atoms with E-state index in [4.69, 9.17) is 22.4 Å². The Morgan fingerprint density at radius 1 is 1.06 bits per heavy atom. The molecule has 1 aliphatic carbocycles. The number of nitrogens with one attached hydrogen (secondary N) is 1. The molecule has 8 nitrogen and oxygen atoms in total. The minimum atomic E-state index is -0.968. The maximum atomic E-state index is 12.8. The summed E-state index contributed by atoms with van der Waals surface area (Å²) >= 11 is 6.07. The number of nitrogens with two attached hydrogens (primary N) is 2. The van der Waals surface area contributed by atoms with Gasteiger partial charge in [0.15, 0.2) is 0 Å². The number of halogens is 1. The van der Waals surface area contributed by atoms with Gasteiger partial charge < -0.3 is 26.8 Å². The third-order valence-electron chi connectivity index (χ3n) is 6.08. The number of carbonyl (C=O) groups is 3. The predicted molar refractivity (Wildman–Crippen MR) is 124 cm³/mol. The molecule has 0 spiro atoms. The van der Waals surface area contributed by atoms with E-state index in [1.54, 1.807) is 11.0 Å². The van der Waals surface area contributed by atoms with Crippen molar-refractivity contribution in [3.05, 3.63) is 34.3 Å². The van der Waals surface area contributed by atoms with E-state index in [1.807, 2.05) is 12.1 Å². The van der Waals surface area contributed by atoms with Crippen molar-refractivity contribution in [1.82, 2.24) is 10.2 Å². The first kappa shape index (κ1) is 26.1. The summed E-state index contributed by atoms with van der Waals surface area (Å²) in [6, 6.07) is 5.18. The Kier molecular flexibility index (Phi) is 10.9. The lowest BCUT2D eigenvalue weighted by atomic mass is 9.86. The van der Waals surface area contributed by atoms with Crippen molar-refractivity contribution in [1.29, 1.82) is 0 Å². The second kappa shape index (κ2) is 13.4. The number of likely N-dealkylation sites (tertiary alicyclic amines) is 1. The number of amides is 2. The Labute approximate surface area is 194 Å². The molecule has 1 aromatic rings. The van der Waals surface area contributed by atoms with Crippen molar-refractivity contribution in [3.8, 4) is 0 Å². The molecule has 0 aromatic heterocycles. The second-order valence-corrected chi connectivity index (χ2v) is 8.82. The molecule has 1 saturated heterocycles. The van der Waals surface area contributed by atoms with Gasteiger partial charge in [-0.2, -0.15) is 0 Å². The highest BCUT2D eigenvalue weighted by atomic mass is 35.5. The molecule has 6 N–H and O–H groups in total. The standard InChI is InChI=1S/C21H30ClN3O2.C2H5NO2/c22-18-9-8-16(13-23)17(12-18)14-24-21(27)19-7-4-10-25(19)20(26)11-15-5-2-1-3-6-15;3-1-2(4)5/h8-9,12,15,19H,1-7,10-11,13-14,23H2,(H,24,27);1,3H2,(H,4,5). The fraction of sp³-hybridized carbons (Fsp3) is 0.609. The van der Waals surface area contributed by atoms with Gasteiger partial charge >= 0.3 is 5.97 Å². The smallest absolute Gasteiger partial charge is 0.317 e. The quantitative estimate of drug-likeness (QED) is 0.486. The number of rotatable bonds is 7. The number of carboxylic acid groups (broad SMARTS) is 1. The van der Waals surface area contributed by atoms with Crippen LogP contribution in [0.1, 0.15) is 62.5 Å². The molecule has 178 valence electrons. The van der Waals surface area contributed by atoms with Crippen LogP contribution in [0.3, 0.4) is 0 Å². The average Bonchev–Trinajstić information content (AvgIpc) is 3.29. The molecule has 2 aliphatic rings. The van der Waals surface area contributed by atoms with E-state index < -0.39 is 5.97 Å². The average molecular weight is 467 g/mol. The van der Waals surface area contributed by atoms with Gasteiger partial charge in [-0.25, -0.2) is 0 Å². The van der Waals surface area contributed by atoms with Crippen LogP contribution < -0.4 is 16.8 Å². The summed E-state index contributed by atoms with van der Waals surface area (Å²) in [5.74, 6) is -0.406. The third kappa shape index (κ3) is 8.07. The number of hydrogen-bond donors (Lipinski definition) is 4. The van der Waals surface area contributed by atoms with Crippen LogP contribution in [0.4, 0.5) is 0 Å². The Morgan fingerprint density at radius 3 is 2.38 bits per heavy atom. The van der Waals surface area contributed by atoms with Crippen LogP contribution in [0.15, 0.2) is 18.2 Å². The molecule has 1 atom stereocenters. The van der Waals surface area contributed by atoms with Crippen LogP contribution in [0.5, 0.6) is 0 Å². The van der Waals surface area contributed by atoms with E-state index in [0.29, 0.717) is 37.0 Å². The van der Waals surface area contributed by atoms with Crippen molar-refractivity contribution in [3.63, 3.8) is 0 Å². The lowest BCUT2D eigenvalue weighted by molar-refractivity contribution is -0.139. The van der Waals surface area contributed by atoms with Gasteiger partial charge in [0.05, 0.1) is 6.54 Å². The molecule has 0 bridgehead atoms. The highest BCUT2D eigenvalue weighted by molar-refractivity contribution is 6.30. The lowest BCUT2D eigenvalue weighted by Gasteiger charge is -2.27. The zero-order valence-electron chi connectivity index (χ0n) is 18.5. The summed E-state index contributed by atoms with van der Waals surface area (Å²) in [7, 11) is 0. The molecule has 1 aromatic carbocycles. The molecule has 2 fully saturated rings. The van der Waals surface area contributed by atoms with Crippen LogP contribution >= 0.6 is 11.6 Å². The van der Waals surface area contributed by atoms with Gasteiger partial charge in [0.1, 0.15) is 6.04 Å². The zero-order chi connectivity index (χ0) is 23.5. The SMILES string of the molecule is NCC(=O)O.NCc1ccc(Cl)cc1CNC(=O)C1CCCN1C(=O)CC1CCCCC1. The number of aliphatic carboxylic acids is 1. The van der Waals surface area contributed by atoms with Gasteiger partial charge in [-0.05, 0) is 54.9 Å². The largest absolute Gasteiger partial charge is 0.480 e. The van der Waals surface area contributed by atoms with Gasteiger partial charge in [-0.15, -0.1) is 0 Å². The Morgan fingerprint density at radius 2 is 1.75 bits per heavy atom. The van der Waals surface area contributed by atoms with Crippen molar-refractivity contribution in [2.45, 2.75) is 70.5 Å².